The predicted molar refractivity (Wildman–Crippen MR) is 136 cm³/mol. The Kier molecular flexibility index (Phi) is 6.84. The molecule has 0 aromatic heterocycles. The summed E-state index contributed by atoms with van der Waals surface area (Å²) in [6.45, 7) is 7.65. The van der Waals surface area contributed by atoms with Crippen molar-refractivity contribution in [2.45, 2.75) is 39.8 Å². The van der Waals surface area contributed by atoms with Gasteiger partial charge in [0.05, 0.1) is 30.4 Å². The highest BCUT2D eigenvalue weighted by Gasteiger charge is 2.47. The zero-order chi connectivity index (χ0) is 26.1. The molecular formula is C29H28FNO5. The molecule has 0 bridgehead atoms. The zero-order valence-corrected chi connectivity index (χ0v) is 20.8. The van der Waals surface area contributed by atoms with Gasteiger partial charge in [0.1, 0.15) is 23.1 Å². The van der Waals surface area contributed by atoms with E-state index in [1.54, 1.807) is 30.3 Å². The average Bonchev–Trinajstić information content (AvgIpc) is 3.10. The first kappa shape index (κ1) is 25.0. The number of rotatable bonds is 6. The first-order valence-electron chi connectivity index (χ1n) is 11.6. The lowest BCUT2D eigenvalue weighted by molar-refractivity contribution is -0.132. The number of Topliss-reactive ketones (excluding diaryl/α,β-unsaturated/α-hetero) is 1. The fourth-order valence-corrected chi connectivity index (χ4v) is 4.33. The average molecular weight is 490 g/mol. The number of halogens is 1. The minimum atomic E-state index is -0.976. The lowest BCUT2D eigenvalue weighted by Gasteiger charge is -2.26. The topological polar surface area (TPSA) is 76.1 Å². The number of methoxy groups -OCH3 is 1. The van der Waals surface area contributed by atoms with Crippen LogP contribution in [0.25, 0.3) is 5.76 Å². The minimum absolute atomic E-state index is 0.0184. The number of amides is 1. The van der Waals surface area contributed by atoms with Crippen molar-refractivity contribution >= 4 is 23.1 Å². The number of ketones is 1. The van der Waals surface area contributed by atoms with Crippen LogP contribution in [-0.4, -0.2) is 30.0 Å². The van der Waals surface area contributed by atoms with E-state index in [2.05, 4.69) is 0 Å². The summed E-state index contributed by atoms with van der Waals surface area (Å²) in [4.78, 5) is 28.2. The van der Waals surface area contributed by atoms with Crippen LogP contribution in [0.15, 0.2) is 66.2 Å². The molecule has 4 rings (SSSR count). The normalized spacial score (nSPS) is 17.1. The van der Waals surface area contributed by atoms with Crippen molar-refractivity contribution < 1.29 is 28.6 Å². The molecule has 6 nitrogen and oxygen atoms in total. The van der Waals surface area contributed by atoms with Crippen molar-refractivity contribution in [1.29, 1.82) is 0 Å². The van der Waals surface area contributed by atoms with Gasteiger partial charge in [-0.3, -0.25) is 14.5 Å². The first-order chi connectivity index (χ1) is 17.1. The van der Waals surface area contributed by atoms with Crippen molar-refractivity contribution in [2.75, 3.05) is 12.0 Å². The van der Waals surface area contributed by atoms with Gasteiger partial charge in [-0.1, -0.05) is 18.2 Å². The molecule has 7 heteroatoms. The SMILES string of the molecule is COc1ccc(F)cc1/C(O)=C1\C(=O)C(=O)N(c2ccc(C)c(C)c2)C1c1cccc(OC(C)C)c1. The summed E-state index contributed by atoms with van der Waals surface area (Å²) in [6.07, 6.45) is -0.0945. The molecule has 1 atom stereocenters. The van der Waals surface area contributed by atoms with Gasteiger partial charge in [-0.15, -0.1) is 0 Å². The molecule has 3 aromatic carbocycles. The molecule has 1 N–H and O–H groups in total. The van der Waals surface area contributed by atoms with Crippen LogP contribution in [-0.2, 0) is 9.59 Å². The van der Waals surface area contributed by atoms with E-state index in [1.165, 1.54) is 24.1 Å². The van der Waals surface area contributed by atoms with Crippen LogP contribution >= 0.6 is 0 Å². The van der Waals surface area contributed by atoms with Gasteiger partial charge in [0.2, 0.25) is 0 Å². The highest BCUT2D eigenvalue weighted by molar-refractivity contribution is 6.51. The molecule has 36 heavy (non-hydrogen) atoms. The van der Waals surface area contributed by atoms with Gasteiger partial charge in [0, 0.05) is 5.69 Å². The van der Waals surface area contributed by atoms with E-state index in [-0.39, 0.29) is 23.0 Å². The van der Waals surface area contributed by atoms with E-state index in [1.807, 2.05) is 39.8 Å². The maximum Gasteiger partial charge on any atom is 0.300 e. The number of ether oxygens (including phenoxy) is 2. The molecule has 186 valence electrons. The second kappa shape index (κ2) is 9.85. The molecule has 1 heterocycles. The summed E-state index contributed by atoms with van der Waals surface area (Å²) < 4.78 is 25.3. The van der Waals surface area contributed by atoms with E-state index in [0.29, 0.717) is 17.0 Å². The van der Waals surface area contributed by atoms with Crippen molar-refractivity contribution in [3.63, 3.8) is 0 Å². The Labute approximate surface area is 209 Å². The van der Waals surface area contributed by atoms with E-state index in [4.69, 9.17) is 9.47 Å². The third-order valence-electron chi connectivity index (χ3n) is 6.18. The second-order valence-electron chi connectivity index (χ2n) is 9.02. The number of aliphatic hydroxyl groups excluding tert-OH is 1. The van der Waals surface area contributed by atoms with Gasteiger partial charge in [0.25, 0.3) is 11.7 Å². The van der Waals surface area contributed by atoms with E-state index in [0.717, 1.165) is 17.2 Å². The van der Waals surface area contributed by atoms with Gasteiger partial charge in [0.15, 0.2) is 0 Å². The molecule has 1 aliphatic rings. The van der Waals surface area contributed by atoms with Crippen LogP contribution < -0.4 is 14.4 Å². The van der Waals surface area contributed by atoms with E-state index >= 15 is 0 Å². The molecule has 1 aliphatic heterocycles. The Hall–Kier alpha value is -4.13. The maximum absolute atomic E-state index is 14.2. The highest BCUT2D eigenvalue weighted by Crippen LogP contribution is 2.44. The zero-order valence-electron chi connectivity index (χ0n) is 20.8. The fourth-order valence-electron chi connectivity index (χ4n) is 4.33. The highest BCUT2D eigenvalue weighted by atomic mass is 19.1. The van der Waals surface area contributed by atoms with Gasteiger partial charge in [-0.2, -0.15) is 0 Å². The Morgan fingerprint density at radius 1 is 1.00 bits per heavy atom. The Morgan fingerprint density at radius 2 is 1.75 bits per heavy atom. The van der Waals surface area contributed by atoms with Crippen LogP contribution in [0.4, 0.5) is 10.1 Å². The third-order valence-corrected chi connectivity index (χ3v) is 6.18. The number of anilines is 1. The van der Waals surface area contributed by atoms with Gasteiger partial charge in [-0.05, 0) is 86.8 Å². The van der Waals surface area contributed by atoms with Crippen LogP contribution in [0.3, 0.4) is 0 Å². The number of benzene rings is 3. The molecule has 1 amide bonds. The van der Waals surface area contributed by atoms with Gasteiger partial charge >= 0.3 is 0 Å². The standard InChI is InChI=1S/C29H28FNO5/c1-16(2)36-22-8-6-7-19(14-22)26-25(27(32)23-15-20(30)10-12-24(23)35-5)28(33)29(34)31(26)21-11-9-17(3)18(4)13-21/h6-16,26,32H,1-5H3/b27-25+. The van der Waals surface area contributed by atoms with Crippen molar-refractivity contribution in [3.05, 3.63) is 94.3 Å². The van der Waals surface area contributed by atoms with Crippen LogP contribution in [0.5, 0.6) is 11.5 Å². The minimum Gasteiger partial charge on any atom is -0.507 e. The van der Waals surface area contributed by atoms with Crippen molar-refractivity contribution in [3.8, 4) is 11.5 Å². The third kappa shape index (κ3) is 4.56. The van der Waals surface area contributed by atoms with Crippen molar-refractivity contribution in [2.24, 2.45) is 0 Å². The molecule has 1 unspecified atom stereocenters. The summed E-state index contributed by atoms with van der Waals surface area (Å²) in [5.74, 6) is -2.09. The Bertz CT molecular complexity index is 1380. The van der Waals surface area contributed by atoms with Crippen LogP contribution in [0, 0.1) is 19.7 Å². The van der Waals surface area contributed by atoms with Gasteiger partial charge < -0.3 is 14.6 Å². The van der Waals surface area contributed by atoms with Crippen LogP contribution in [0.2, 0.25) is 0 Å². The summed E-state index contributed by atoms with van der Waals surface area (Å²) in [6, 6.07) is 15.1. The molecule has 0 aliphatic carbocycles. The number of carbonyl (C=O) groups excluding carboxylic acids is 2. The molecule has 0 saturated carbocycles. The number of aryl methyl sites for hydroxylation is 2. The molecule has 0 spiro atoms. The number of nitrogens with zero attached hydrogens (tertiary/aromatic N) is 1. The number of hydrogen-bond acceptors (Lipinski definition) is 5. The maximum atomic E-state index is 14.2. The van der Waals surface area contributed by atoms with Crippen molar-refractivity contribution in [1.82, 2.24) is 0 Å². The monoisotopic (exact) mass is 489 g/mol. The second-order valence-corrected chi connectivity index (χ2v) is 9.02. The summed E-state index contributed by atoms with van der Waals surface area (Å²) >= 11 is 0. The Balaban J connectivity index is 1.99. The lowest BCUT2D eigenvalue weighted by atomic mass is 9.94. The quantitative estimate of drug-likeness (QED) is 0.266. The van der Waals surface area contributed by atoms with Gasteiger partial charge in [-0.25, -0.2) is 4.39 Å². The lowest BCUT2D eigenvalue weighted by Crippen LogP contribution is -2.29. The summed E-state index contributed by atoms with van der Waals surface area (Å²) in [7, 11) is 1.38. The summed E-state index contributed by atoms with van der Waals surface area (Å²) in [5, 5.41) is 11.4. The molecule has 3 aromatic rings. The number of hydrogen-bond donors (Lipinski definition) is 1. The summed E-state index contributed by atoms with van der Waals surface area (Å²) in [5.41, 5.74) is 2.85. The molecule has 1 saturated heterocycles. The first-order valence-corrected chi connectivity index (χ1v) is 11.6. The molecule has 0 radical (unpaired) electrons. The van der Waals surface area contributed by atoms with E-state index < -0.39 is 29.3 Å². The predicted octanol–water partition coefficient (Wildman–Crippen LogP) is 5.86. The molecular weight excluding hydrogens is 461 g/mol. The van der Waals surface area contributed by atoms with Crippen LogP contribution in [0.1, 0.15) is 42.1 Å². The number of aliphatic hydroxyl groups is 1. The molecule has 1 fully saturated rings. The van der Waals surface area contributed by atoms with E-state index in [9.17, 15) is 19.1 Å². The largest absolute Gasteiger partial charge is 0.507 e. The number of carbonyl (C=O) groups is 2. The fraction of sp³-hybridized carbons (Fsp3) is 0.241. The smallest absolute Gasteiger partial charge is 0.300 e. The Morgan fingerprint density at radius 3 is 2.42 bits per heavy atom.